The van der Waals surface area contributed by atoms with Crippen molar-refractivity contribution < 1.29 is 23.1 Å². The van der Waals surface area contributed by atoms with E-state index in [1.54, 1.807) is 12.1 Å². The average molecular weight is 425 g/mol. The predicted molar refractivity (Wildman–Crippen MR) is 94.9 cm³/mol. The molecular formula is C18H15BrF2N2O3. The fourth-order valence-corrected chi connectivity index (χ4v) is 2.94. The van der Waals surface area contributed by atoms with Crippen LogP contribution in [0, 0.1) is 0 Å². The maximum Gasteiger partial charge on any atom is 0.387 e. The van der Waals surface area contributed by atoms with Gasteiger partial charge in [-0.05, 0) is 23.8 Å². The summed E-state index contributed by atoms with van der Waals surface area (Å²) in [5.41, 5.74) is 1.61. The maximum absolute atomic E-state index is 12.5. The van der Waals surface area contributed by atoms with Crippen LogP contribution in [0.4, 0.5) is 8.78 Å². The first-order chi connectivity index (χ1) is 12.5. The summed E-state index contributed by atoms with van der Waals surface area (Å²) in [6.07, 6.45) is 0.0369. The van der Waals surface area contributed by atoms with Crippen LogP contribution in [0.25, 0.3) is 0 Å². The van der Waals surface area contributed by atoms with E-state index in [0.717, 1.165) is 5.56 Å². The summed E-state index contributed by atoms with van der Waals surface area (Å²) in [5, 5.41) is 6.50. The molecule has 1 aliphatic heterocycles. The van der Waals surface area contributed by atoms with Gasteiger partial charge in [0.15, 0.2) is 6.10 Å². The molecule has 1 amide bonds. The lowest BCUT2D eigenvalue weighted by molar-refractivity contribution is -0.115. The van der Waals surface area contributed by atoms with E-state index in [9.17, 15) is 13.6 Å². The van der Waals surface area contributed by atoms with E-state index in [1.165, 1.54) is 6.07 Å². The van der Waals surface area contributed by atoms with Gasteiger partial charge in [0.2, 0.25) is 0 Å². The second-order valence-corrected chi connectivity index (χ2v) is 6.48. The molecule has 0 fully saturated rings. The molecule has 8 heteroatoms. The van der Waals surface area contributed by atoms with Gasteiger partial charge in [-0.3, -0.25) is 4.79 Å². The third-order valence-electron chi connectivity index (χ3n) is 3.78. The highest BCUT2D eigenvalue weighted by Crippen LogP contribution is 2.27. The number of nitrogens with zero attached hydrogens (tertiary/aromatic N) is 1. The van der Waals surface area contributed by atoms with E-state index in [0.29, 0.717) is 16.5 Å². The van der Waals surface area contributed by atoms with Crippen LogP contribution in [0.5, 0.6) is 5.75 Å². The molecule has 136 valence electrons. The number of nitrogens with one attached hydrogen (secondary N) is 1. The van der Waals surface area contributed by atoms with Crippen molar-refractivity contribution in [1.29, 1.82) is 0 Å². The molecule has 2 aromatic rings. The van der Waals surface area contributed by atoms with Crippen LogP contribution in [-0.2, 0) is 16.2 Å². The van der Waals surface area contributed by atoms with Crippen LogP contribution < -0.4 is 10.1 Å². The monoisotopic (exact) mass is 424 g/mol. The van der Waals surface area contributed by atoms with Crippen molar-refractivity contribution in [3.8, 4) is 5.75 Å². The number of rotatable bonds is 6. The highest BCUT2D eigenvalue weighted by molar-refractivity contribution is 9.10. The van der Waals surface area contributed by atoms with Crippen molar-refractivity contribution in [1.82, 2.24) is 5.32 Å². The van der Waals surface area contributed by atoms with E-state index >= 15 is 0 Å². The van der Waals surface area contributed by atoms with Gasteiger partial charge in [-0.1, -0.05) is 51.4 Å². The van der Waals surface area contributed by atoms with E-state index in [4.69, 9.17) is 4.84 Å². The number of oxime groups is 1. The van der Waals surface area contributed by atoms with Gasteiger partial charge in [-0.2, -0.15) is 8.78 Å². The Morgan fingerprint density at radius 2 is 2.08 bits per heavy atom. The number of hydrogen-bond donors (Lipinski definition) is 1. The molecule has 3 rings (SSSR count). The van der Waals surface area contributed by atoms with Crippen LogP contribution in [0.2, 0.25) is 0 Å². The highest BCUT2D eigenvalue weighted by atomic mass is 79.9. The second kappa shape index (κ2) is 8.27. The SMILES string of the molecule is O=C(NCc1cc(Br)ccc1OC(F)F)C1=NO[C@H](c2ccccc2)C1. The van der Waals surface area contributed by atoms with Crippen LogP contribution in [0.1, 0.15) is 23.7 Å². The number of carbonyl (C=O) groups excluding carboxylic acids is 1. The third-order valence-corrected chi connectivity index (χ3v) is 4.27. The lowest BCUT2D eigenvalue weighted by Gasteiger charge is -2.12. The molecule has 1 atom stereocenters. The van der Waals surface area contributed by atoms with E-state index < -0.39 is 12.5 Å². The van der Waals surface area contributed by atoms with E-state index in [1.807, 2.05) is 30.3 Å². The number of ether oxygens (including phenoxy) is 1. The van der Waals surface area contributed by atoms with Crippen molar-refractivity contribution in [2.45, 2.75) is 25.7 Å². The fourth-order valence-electron chi connectivity index (χ4n) is 2.53. The quantitative estimate of drug-likeness (QED) is 0.756. The molecule has 1 aliphatic rings. The third kappa shape index (κ3) is 4.57. The number of halogens is 3. The minimum atomic E-state index is -2.94. The molecule has 0 saturated carbocycles. The van der Waals surface area contributed by atoms with Crippen LogP contribution in [0.3, 0.4) is 0 Å². The van der Waals surface area contributed by atoms with Gasteiger partial charge in [0.1, 0.15) is 11.5 Å². The molecule has 0 unspecified atom stereocenters. The van der Waals surface area contributed by atoms with Crippen molar-refractivity contribution in [3.05, 3.63) is 64.1 Å². The molecule has 0 spiro atoms. The van der Waals surface area contributed by atoms with Crippen LogP contribution in [0.15, 0.2) is 58.2 Å². The lowest BCUT2D eigenvalue weighted by atomic mass is 10.0. The number of hydrogen-bond acceptors (Lipinski definition) is 4. The van der Waals surface area contributed by atoms with Crippen molar-refractivity contribution in [2.24, 2.45) is 5.16 Å². The average Bonchev–Trinajstić information content (AvgIpc) is 3.12. The van der Waals surface area contributed by atoms with Gasteiger partial charge < -0.3 is 14.9 Å². The first-order valence-electron chi connectivity index (χ1n) is 7.82. The number of amides is 1. The standard InChI is InChI=1S/C18H15BrF2N2O3/c19-13-6-7-15(25-18(20)21)12(8-13)10-22-17(24)14-9-16(26-23-14)11-4-2-1-3-5-11/h1-8,16,18H,9-10H2,(H,22,24)/t16-/m0/s1. The minimum absolute atomic E-state index is 0.00951. The van der Waals surface area contributed by atoms with Gasteiger partial charge >= 0.3 is 6.61 Å². The van der Waals surface area contributed by atoms with Gasteiger partial charge in [0.25, 0.3) is 5.91 Å². The lowest BCUT2D eigenvalue weighted by Crippen LogP contribution is -2.30. The number of benzene rings is 2. The van der Waals surface area contributed by atoms with E-state index in [-0.39, 0.29) is 24.1 Å². The summed E-state index contributed by atoms with van der Waals surface area (Å²) in [6, 6.07) is 14.1. The summed E-state index contributed by atoms with van der Waals surface area (Å²) in [7, 11) is 0. The number of carbonyl (C=O) groups is 1. The van der Waals surface area contributed by atoms with Crippen LogP contribution in [-0.4, -0.2) is 18.2 Å². The summed E-state index contributed by atoms with van der Waals surface area (Å²) in [6.45, 7) is -2.92. The maximum atomic E-state index is 12.5. The Hall–Kier alpha value is -2.48. The Bertz CT molecular complexity index is 815. The van der Waals surface area contributed by atoms with Crippen molar-refractivity contribution in [2.75, 3.05) is 0 Å². The largest absolute Gasteiger partial charge is 0.434 e. The van der Waals surface area contributed by atoms with Gasteiger partial charge in [-0.25, -0.2) is 0 Å². The Labute approximate surface area is 157 Å². The summed E-state index contributed by atoms with van der Waals surface area (Å²) >= 11 is 3.27. The molecule has 0 saturated heterocycles. The zero-order valence-corrected chi connectivity index (χ0v) is 15.1. The first kappa shape index (κ1) is 18.3. The Kier molecular flexibility index (Phi) is 5.82. The Morgan fingerprint density at radius 3 is 2.81 bits per heavy atom. The van der Waals surface area contributed by atoms with Crippen molar-refractivity contribution >= 4 is 27.5 Å². The zero-order chi connectivity index (χ0) is 18.5. The smallest absolute Gasteiger partial charge is 0.387 e. The fraction of sp³-hybridized carbons (Fsp3) is 0.222. The summed E-state index contributed by atoms with van der Waals surface area (Å²) in [4.78, 5) is 17.6. The predicted octanol–water partition coefficient (Wildman–Crippen LogP) is 4.18. The molecule has 0 bridgehead atoms. The van der Waals surface area contributed by atoms with Crippen LogP contribution >= 0.6 is 15.9 Å². The Morgan fingerprint density at radius 1 is 1.31 bits per heavy atom. The molecular weight excluding hydrogens is 410 g/mol. The first-order valence-corrected chi connectivity index (χ1v) is 8.61. The molecule has 0 radical (unpaired) electrons. The molecule has 0 aliphatic carbocycles. The molecule has 1 N–H and O–H groups in total. The molecule has 0 aromatic heterocycles. The van der Waals surface area contributed by atoms with Gasteiger partial charge in [-0.15, -0.1) is 0 Å². The molecule has 26 heavy (non-hydrogen) atoms. The Balaban J connectivity index is 1.60. The van der Waals surface area contributed by atoms with Gasteiger partial charge in [0.05, 0.1) is 0 Å². The molecule has 2 aromatic carbocycles. The summed E-state index contributed by atoms with van der Waals surface area (Å²) < 4.78 is 30.1. The topological polar surface area (TPSA) is 59.9 Å². The normalized spacial score (nSPS) is 16.2. The van der Waals surface area contributed by atoms with Crippen molar-refractivity contribution in [3.63, 3.8) is 0 Å². The molecule has 5 nitrogen and oxygen atoms in total. The highest BCUT2D eigenvalue weighted by Gasteiger charge is 2.27. The second-order valence-electron chi connectivity index (χ2n) is 5.56. The summed E-state index contributed by atoms with van der Waals surface area (Å²) in [5.74, 6) is -0.401. The zero-order valence-electron chi connectivity index (χ0n) is 13.5. The molecule has 1 heterocycles. The van der Waals surface area contributed by atoms with E-state index in [2.05, 4.69) is 31.1 Å². The minimum Gasteiger partial charge on any atom is -0.434 e. The van der Waals surface area contributed by atoms with Gasteiger partial charge in [0, 0.05) is 23.0 Å². The number of alkyl halides is 2.